The Balaban J connectivity index is 1.89. The zero-order valence-corrected chi connectivity index (χ0v) is 12.7. The maximum absolute atomic E-state index is 6.06. The Hall–Kier alpha value is -1.58. The minimum Gasteiger partial charge on any atom is -0.490 e. The number of likely N-dealkylation sites (N-methyl/N-ethyl adjacent to an activating group) is 1. The standard InChI is InChI=1S/C15H16Cl2N2O/c1-19(12-7-5-11(18)6-8-12)9-10-20-14-4-2-3-13(16)15(14)17/h2-8H,9-10,18H2,1H3. The van der Waals surface area contributed by atoms with Gasteiger partial charge in [-0.1, -0.05) is 29.3 Å². The zero-order chi connectivity index (χ0) is 14.5. The van der Waals surface area contributed by atoms with E-state index in [0.717, 1.165) is 17.9 Å². The van der Waals surface area contributed by atoms with Crippen molar-refractivity contribution in [1.82, 2.24) is 0 Å². The second-order valence-electron chi connectivity index (χ2n) is 4.41. The summed E-state index contributed by atoms with van der Waals surface area (Å²) in [6.07, 6.45) is 0. The fraction of sp³-hybridized carbons (Fsp3) is 0.200. The number of hydrogen-bond acceptors (Lipinski definition) is 3. The summed E-state index contributed by atoms with van der Waals surface area (Å²) in [5, 5.41) is 0.945. The van der Waals surface area contributed by atoms with Gasteiger partial charge >= 0.3 is 0 Å². The molecule has 2 aromatic rings. The highest BCUT2D eigenvalue weighted by molar-refractivity contribution is 6.42. The molecule has 5 heteroatoms. The van der Waals surface area contributed by atoms with E-state index in [1.165, 1.54) is 0 Å². The molecule has 0 unspecified atom stereocenters. The average Bonchev–Trinajstić information content (AvgIpc) is 2.44. The number of benzene rings is 2. The van der Waals surface area contributed by atoms with Gasteiger partial charge in [0.2, 0.25) is 0 Å². The molecule has 0 aliphatic rings. The first-order valence-electron chi connectivity index (χ1n) is 6.21. The molecule has 0 saturated heterocycles. The molecule has 0 aromatic heterocycles. The van der Waals surface area contributed by atoms with E-state index in [1.54, 1.807) is 12.1 Å². The van der Waals surface area contributed by atoms with Gasteiger partial charge < -0.3 is 15.4 Å². The van der Waals surface area contributed by atoms with E-state index in [9.17, 15) is 0 Å². The van der Waals surface area contributed by atoms with Crippen LogP contribution < -0.4 is 15.4 Å². The smallest absolute Gasteiger partial charge is 0.139 e. The van der Waals surface area contributed by atoms with Crippen molar-refractivity contribution < 1.29 is 4.74 Å². The summed E-state index contributed by atoms with van der Waals surface area (Å²) in [5.74, 6) is 0.602. The second kappa shape index (κ2) is 6.73. The molecule has 0 radical (unpaired) electrons. The van der Waals surface area contributed by atoms with Crippen molar-refractivity contribution >= 4 is 34.6 Å². The van der Waals surface area contributed by atoms with Gasteiger partial charge in [-0.25, -0.2) is 0 Å². The molecule has 0 aliphatic heterocycles. The van der Waals surface area contributed by atoms with Crippen LogP contribution in [-0.2, 0) is 0 Å². The van der Waals surface area contributed by atoms with Gasteiger partial charge in [0.05, 0.1) is 11.6 Å². The molecule has 2 N–H and O–H groups in total. The van der Waals surface area contributed by atoms with Gasteiger partial charge in [0.25, 0.3) is 0 Å². The molecule has 106 valence electrons. The third-order valence-corrected chi connectivity index (χ3v) is 3.74. The lowest BCUT2D eigenvalue weighted by Gasteiger charge is -2.20. The molecule has 0 heterocycles. The van der Waals surface area contributed by atoms with Gasteiger partial charge in [0.15, 0.2) is 0 Å². The van der Waals surface area contributed by atoms with Crippen LogP contribution in [0.2, 0.25) is 10.0 Å². The molecule has 2 aromatic carbocycles. The summed E-state index contributed by atoms with van der Waals surface area (Å²) in [4.78, 5) is 2.08. The number of hydrogen-bond donors (Lipinski definition) is 1. The Kier molecular flexibility index (Phi) is 4.99. The molecular formula is C15H16Cl2N2O. The van der Waals surface area contributed by atoms with E-state index < -0.39 is 0 Å². The highest BCUT2D eigenvalue weighted by atomic mass is 35.5. The van der Waals surface area contributed by atoms with Crippen molar-refractivity contribution in [2.45, 2.75) is 0 Å². The van der Waals surface area contributed by atoms with Crippen LogP contribution in [0.25, 0.3) is 0 Å². The first kappa shape index (κ1) is 14.8. The number of halogens is 2. The first-order valence-corrected chi connectivity index (χ1v) is 6.97. The highest BCUT2D eigenvalue weighted by Gasteiger charge is 2.06. The lowest BCUT2D eigenvalue weighted by Crippen LogP contribution is -2.23. The van der Waals surface area contributed by atoms with Crippen molar-refractivity contribution in [1.29, 1.82) is 0 Å². The normalized spacial score (nSPS) is 10.3. The molecule has 20 heavy (non-hydrogen) atoms. The van der Waals surface area contributed by atoms with E-state index in [-0.39, 0.29) is 0 Å². The lowest BCUT2D eigenvalue weighted by molar-refractivity contribution is 0.326. The van der Waals surface area contributed by atoms with Crippen LogP contribution in [0.4, 0.5) is 11.4 Å². The van der Waals surface area contributed by atoms with Crippen LogP contribution >= 0.6 is 23.2 Å². The van der Waals surface area contributed by atoms with Gasteiger partial charge in [0, 0.05) is 18.4 Å². The summed E-state index contributed by atoms with van der Waals surface area (Å²) in [6, 6.07) is 13.0. The monoisotopic (exact) mass is 310 g/mol. The second-order valence-corrected chi connectivity index (χ2v) is 5.20. The van der Waals surface area contributed by atoms with Crippen LogP contribution in [-0.4, -0.2) is 20.2 Å². The molecule has 0 spiro atoms. The van der Waals surface area contributed by atoms with E-state index in [2.05, 4.69) is 4.90 Å². The molecule has 2 rings (SSSR count). The molecular weight excluding hydrogens is 295 g/mol. The Labute approximate surface area is 128 Å². The number of ether oxygens (including phenoxy) is 1. The summed E-state index contributed by atoms with van der Waals surface area (Å²) in [7, 11) is 1.99. The number of nitrogens with zero attached hydrogens (tertiary/aromatic N) is 1. The van der Waals surface area contributed by atoms with Gasteiger partial charge in [-0.05, 0) is 36.4 Å². The van der Waals surface area contributed by atoms with Gasteiger partial charge in [-0.2, -0.15) is 0 Å². The fourth-order valence-electron chi connectivity index (χ4n) is 1.75. The predicted molar refractivity (Wildman–Crippen MR) is 86.1 cm³/mol. The van der Waals surface area contributed by atoms with E-state index in [1.807, 2.05) is 37.4 Å². The van der Waals surface area contributed by atoms with E-state index >= 15 is 0 Å². The summed E-state index contributed by atoms with van der Waals surface area (Å²) in [5.41, 5.74) is 7.50. The van der Waals surface area contributed by atoms with Crippen LogP contribution in [0.3, 0.4) is 0 Å². The molecule has 0 amide bonds. The third-order valence-electron chi connectivity index (χ3n) is 2.93. The average molecular weight is 311 g/mol. The van der Waals surface area contributed by atoms with Crippen LogP contribution in [0.15, 0.2) is 42.5 Å². The zero-order valence-electron chi connectivity index (χ0n) is 11.1. The number of nitrogens with two attached hydrogens (primary N) is 1. The number of nitrogen functional groups attached to an aromatic ring is 1. The molecule has 0 fully saturated rings. The van der Waals surface area contributed by atoms with Crippen molar-refractivity contribution in [2.75, 3.05) is 30.8 Å². The molecule has 0 aliphatic carbocycles. The predicted octanol–water partition coefficient (Wildman–Crippen LogP) is 4.09. The first-order chi connectivity index (χ1) is 9.58. The van der Waals surface area contributed by atoms with E-state index in [0.29, 0.717) is 22.4 Å². The Morgan fingerprint density at radius 3 is 2.50 bits per heavy atom. The number of anilines is 2. The summed E-state index contributed by atoms with van der Waals surface area (Å²) < 4.78 is 5.65. The maximum atomic E-state index is 6.06. The topological polar surface area (TPSA) is 38.5 Å². The SMILES string of the molecule is CN(CCOc1cccc(Cl)c1Cl)c1ccc(N)cc1. The van der Waals surface area contributed by atoms with E-state index in [4.69, 9.17) is 33.7 Å². The summed E-state index contributed by atoms with van der Waals surface area (Å²) in [6.45, 7) is 1.24. The van der Waals surface area contributed by atoms with Crippen molar-refractivity contribution in [3.63, 3.8) is 0 Å². The van der Waals surface area contributed by atoms with Crippen molar-refractivity contribution in [3.05, 3.63) is 52.5 Å². The molecule has 0 atom stereocenters. The Morgan fingerprint density at radius 2 is 1.80 bits per heavy atom. The van der Waals surface area contributed by atoms with Crippen molar-refractivity contribution in [3.8, 4) is 5.75 Å². The lowest BCUT2D eigenvalue weighted by atomic mass is 10.2. The fourth-order valence-corrected chi connectivity index (χ4v) is 2.09. The maximum Gasteiger partial charge on any atom is 0.139 e. The molecule has 0 saturated carbocycles. The number of rotatable bonds is 5. The van der Waals surface area contributed by atoms with Crippen LogP contribution in [0.1, 0.15) is 0 Å². The third kappa shape index (κ3) is 3.71. The summed E-state index contributed by atoms with van der Waals surface area (Å²) >= 11 is 12.0. The van der Waals surface area contributed by atoms with Gasteiger partial charge in [-0.3, -0.25) is 0 Å². The van der Waals surface area contributed by atoms with Crippen LogP contribution in [0, 0.1) is 0 Å². The minimum atomic E-state index is 0.448. The largest absolute Gasteiger partial charge is 0.490 e. The van der Waals surface area contributed by atoms with Gasteiger partial charge in [0.1, 0.15) is 17.4 Å². The highest BCUT2D eigenvalue weighted by Crippen LogP contribution is 2.31. The van der Waals surface area contributed by atoms with Crippen LogP contribution in [0.5, 0.6) is 5.75 Å². The Bertz CT molecular complexity index is 573. The van der Waals surface area contributed by atoms with Crippen molar-refractivity contribution in [2.24, 2.45) is 0 Å². The Morgan fingerprint density at radius 1 is 1.10 bits per heavy atom. The molecule has 3 nitrogen and oxygen atoms in total. The van der Waals surface area contributed by atoms with Gasteiger partial charge in [-0.15, -0.1) is 0 Å². The molecule has 0 bridgehead atoms. The minimum absolute atomic E-state index is 0.448. The quantitative estimate of drug-likeness (QED) is 0.845.